The van der Waals surface area contributed by atoms with E-state index in [1.807, 2.05) is 0 Å². The Bertz CT molecular complexity index is 508. The fraction of sp³-hybridized carbons (Fsp3) is 0.286. The van der Waals surface area contributed by atoms with Crippen LogP contribution in [-0.4, -0.2) is 46.6 Å². The number of aromatic amines is 1. The van der Waals surface area contributed by atoms with Crippen molar-refractivity contribution in [3.05, 3.63) is 12.5 Å². The zero-order valence-corrected chi connectivity index (χ0v) is 9.14. The summed E-state index contributed by atoms with van der Waals surface area (Å²) < 4.78 is 24.8. The van der Waals surface area contributed by atoms with E-state index in [1.54, 1.807) is 4.72 Å². The number of carbonyl (C=O) groups is 2. The zero-order valence-electron chi connectivity index (χ0n) is 8.32. The van der Waals surface area contributed by atoms with Crippen molar-refractivity contribution in [2.24, 2.45) is 0 Å². The summed E-state index contributed by atoms with van der Waals surface area (Å²) in [5, 5.41) is 16.8. The number of carboxylic acid groups (broad SMARTS) is 2. The van der Waals surface area contributed by atoms with Crippen LogP contribution < -0.4 is 4.72 Å². The number of hydrogen-bond acceptors (Lipinski definition) is 5. The number of sulfonamides is 1. The van der Waals surface area contributed by atoms with E-state index in [1.165, 1.54) is 0 Å². The second kappa shape index (κ2) is 4.93. The van der Waals surface area contributed by atoms with Crippen LogP contribution >= 0.6 is 0 Å². The molecule has 0 amide bonds. The fourth-order valence-electron chi connectivity index (χ4n) is 0.995. The average molecular weight is 263 g/mol. The Morgan fingerprint density at radius 3 is 2.53 bits per heavy atom. The number of imidazole rings is 1. The number of aliphatic carboxylic acids is 2. The molecule has 0 fully saturated rings. The van der Waals surface area contributed by atoms with Gasteiger partial charge in [0.25, 0.3) is 10.0 Å². The maximum absolute atomic E-state index is 11.6. The van der Waals surface area contributed by atoms with Gasteiger partial charge < -0.3 is 15.2 Å². The van der Waals surface area contributed by atoms with Gasteiger partial charge in [-0.2, -0.15) is 4.72 Å². The number of carboxylic acids is 2. The summed E-state index contributed by atoms with van der Waals surface area (Å²) in [5.74, 6) is -3.00. The van der Waals surface area contributed by atoms with Crippen LogP contribution in [0.4, 0.5) is 0 Å². The second-order valence-corrected chi connectivity index (χ2v) is 4.71. The summed E-state index contributed by atoms with van der Waals surface area (Å²) in [6.45, 7) is 0. The highest BCUT2D eigenvalue weighted by Crippen LogP contribution is 2.05. The van der Waals surface area contributed by atoms with Crippen molar-refractivity contribution in [1.29, 1.82) is 0 Å². The molecule has 0 bridgehead atoms. The SMILES string of the molecule is O=C(O)C[C@@H](NS(=O)(=O)c1cnc[nH]1)C(=O)O. The molecule has 0 aliphatic rings. The standard InChI is InChI=1S/C7H9N3O6S/c11-6(12)1-4(7(13)14)10-17(15,16)5-2-8-3-9-5/h2-4,10H,1H2,(H,8,9)(H,11,12)(H,13,14)/t4-/m1/s1. The number of H-pyrrole nitrogens is 1. The first kappa shape index (κ1) is 13.1. The summed E-state index contributed by atoms with van der Waals surface area (Å²) in [6.07, 6.45) is 1.21. The van der Waals surface area contributed by atoms with Gasteiger partial charge in [0.15, 0.2) is 5.03 Å². The Morgan fingerprint density at radius 2 is 2.12 bits per heavy atom. The maximum Gasteiger partial charge on any atom is 0.322 e. The smallest absolute Gasteiger partial charge is 0.322 e. The average Bonchev–Trinajstić information content (AvgIpc) is 2.68. The molecular weight excluding hydrogens is 254 g/mol. The van der Waals surface area contributed by atoms with Gasteiger partial charge in [-0.05, 0) is 0 Å². The molecule has 1 heterocycles. The molecule has 9 nitrogen and oxygen atoms in total. The minimum absolute atomic E-state index is 0.339. The Labute approximate surface area is 95.5 Å². The Kier molecular flexibility index (Phi) is 3.81. The highest BCUT2D eigenvalue weighted by molar-refractivity contribution is 7.89. The zero-order chi connectivity index (χ0) is 13.1. The van der Waals surface area contributed by atoms with E-state index in [4.69, 9.17) is 10.2 Å². The molecule has 0 unspecified atom stereocenters. The molecule has 0 aromatic carbocycles. The molecule has 4 N–H and O–H groups in total. The van der Waals surface area contributed by atoms with E-state index < -0.39 is 34.4 Å². The summed E-state index contributed by atoms with van der Waals surface area (Å²) in [7, 11) is -4.12. The molecule has 10 heteroatoms. The number of rotatable bonds is 6. The molecule has 1 aromatic rings. The molecule has 0 radical (unpaired) electrons. The van der Waals surface area contributed by atoms with Gasteiger partial charge in [0.2, 0.25) is 0 Å². The number of nitrogens with one attached hydrogen (secondary N) is 2. The van der Waals surface area contributed by atoms with Crippen LogP contribution in [-0.2, 0) is 19.6 Å². The van der Waals surface area contributed by atoms with E-state index >= 15 is 0 Å². The van der Waals surface area contributed by atoms with Crippen LogP contribution in [0.1, 0.15) is 6.42 Å². The largest absolute Gasteiger partial charge is 0.481 e. The van der Waals surface area contributed by atoms with Crippen molar-refractivity contribution in [3.63, 3.8) is 0 Å². The van der Waals surface area contributed by atoms with E-state index in [0.29, 0.717) is 0 Å². The van der Waals surface area contributed by atoms with Crippen LogP contribution in [0.2, 0.25) is 0 Å². The molecule has 1 rings (SSSR count). The Morgan fingerprint density at radius 1 is 1.47 bits per heavy atom. The van der Waals surface area contributed by atoms with Gasteiger partial charge in [0.05, 0.1) is 18.9 Å². The molecule has 0 aliphatic heterocycles. The van der Waals surface area contributed by atoms with Gasteiger partial charge in [0.1, 0.15) is 6.04 Å². The monoisotopic (exact) mass is 263 g/mol. The Balaban J connectivity index is 2.87. The lowest BCUT2D eigenvalue weighted by atomic mass is 10.2. The van der Waals surface area contributed by atoms with Gasteiger partial charge in [0, 0.05) is 0 Å². The maximum atomic E-state index is 11.6. The topological polar surface area (TPSA) is 149 Å². The molecular formula is C7H9N3O6S. The molecule has 0 aliphatic carbocycles. The van der Waals surface area contributed by atoms with Gasteiger partial charge in [-0.15, -0.1) is 0 Å². The first-order chi connectivity index (χ1) is 7.83. The van der Waals surface area contributed by atoms with Crippen molar-refractivity contribution in [2.45, 2.75) is 17.5 Å². The third-order valence-electron chi connectivity index (χ3n) is 1.74. The molecule has 17 heavy (non-hydrogen) atoms. The van der Waals surface area contributed by atoms with E-state index in [2.05, 4.69) is 9.97 Å². The van der Waals surface area contributed by atoms with Crippen molar-refractivity contribution < 1.29 is 28.2 Å². The van der Waals surface area contributed by atoms with Crippen LogP contribution in [0.15, 0.2) is 17.6 Å². The lowest BCUT2D eigenvalue weighted by Gasteiger charge is -2.11. The number of hydrogen-bond donors (Lipinski definition) is 4. The van der Waals surface area contributed by atoms with Crippen LogP contribution in [0, 0.1) is 0 Å². The van der Waals surface area contributed by atoms with Gasteiger partial charge in [-0.3, -0.25) is 9.59 Å². The fourth-order valence-corrected chi connectivity index (χ4v) is 2.09. The minimum atomic E-state index is -4.12. The predicted molar refractivity (Wildman–Crippen MR) is 52.6 cm³/mol. The molecule has 0 spiro atoms. The van der Waals surface area contributed by atoms with Crippen molar-refractivity contribution in [2.75, 3.05) is 0 Å². The van der Waals surface area contributed by atoms with E-state index in [-0.39, 0.29) is 5.03 Å². The van der Waals surface area contributed by atoms with Gasteiger partial charge >= 0.3 is 11.9 Å². The van der Waals surface area contributed by atoms with E-state index in [9.17, 15) is 18.0 Å². The highest BCUT2D eigenvalue weighted by atomic mass is 32.2. The summed E-state index contributed by atoms with van der Waals surface area (Å²) >= 11 is 0. The predicted octanol–water partition coefficient (Wildman–Crippen LogP) is -1.38. The Hall–Kier alpha value is -1.94. The van der Waals surface area contributed by atoms with Gasteiger partial charge in [-0.1, -0.05) is 0 Å². The number of nitrogens with zero attached hydrogens (tertiary/aromatic N) is 1. The van der Waals surface area contributed by atoms with Crippen LogP contribution in [0.3, 0.4) is 0 Å². The number of aromatic nitrogens is 2. The quantitative estimate of drug-likeness (QED) is 0.493. The van der Waals surface area contributed by atoms with E-state index in [0.717, 1.165) is 12.5 Å². The summed E-state index contributed by atoms with van der Waals surface area (Å²) in [4.78, 5) is 26.8. The third-order valence-corrected chi connectivity index (χ3v) is 3.13. The molecule has 94 valence electrons. The van der Waals surface area contributed by atoms with Crippen LogP contribution in [0.5, 0.6) is 0 Å². The summed E-state index contributed by atoms with van der Waals surface area (Å²) in [5.41, 5.74) is 0. The van der Waals surface area contributed by atoms with Gasteiger partial charge in [-0.25, -0.2) is 13.4 Å². The van der Waals surface area contributed by atoms with Crippen molar-refractivity contribution >= 4 is 22.0 Å². The van der Waals surface area contributed by atoms with Crippen LogP contribution in [0.25, 0.3) is 0 Å². The molecule has 1 atom stereocenters. The highest BCUT2D eigenvalue weighted by Gasteiger charge is 2.28. The lowest BCUT2D eigenvalue weighted by molar-refractivity contribution is -0.145. The van der Waals surface area contributed by atoms with Crippen molar-refractivity contribution in [1.82, 2.24) is 14.7 Å². The molecule has 0 saturated carbocycles. The van der Waals surface area contributed by atoms with Crippen molar-refractivity contribution in [3.8, 4) is 0 Å². The first-order valence-corrected chi connectivity index (χ1v) is 5.76. The minimum Gasteiger partial charge on any atom is -0.481 e. The third kappa shape index (κ3) is 3.53. The normalized spacial score (nSPS) is 13.2. The first-order valence-electron chi connectivity index (χ1n) is 4.28. The molecule has 1 aromatic heterocycles. The summed E-state index contributed by atoms with van der Waals surface area (Å²) in [6, 6.07) is -1.74. The lowest BCUT2D eigenvalue weighted by Crippen LogP contribution is -2.42. The second-order valence-electron chi connectivity index (χ2n) is 3.03. The molecule has 0 saturated heterocycles.